The Balaban J connectivity index is 1.49. The standard InChI is InChI=1S/C23H23NO4/c1-16-7-5-10-19(13-16)27-15-23(26)28-14-22(25)24-17(2)20-12-6-9-18-8-3-4-11-21(18)20/h3-13,17H,14-15H2,1-2H3,(H,24,25)/t17-/m1/s1. The van der Waals surface area contributed by atoms with Crippen molar-refractivity contribution in [3.05, 3.63) is 77.9 Å². The molecular weight excluding hydrogens is 354 g/mol. The van der Waals surface area contributed by atoms with Crippen LogP contribution in [0.25, 0.3) is 10.8 Å². The molecule has 3 rings (SSSR count). The van der Waals surface area contributed by atoms with Crippen molar-refractivity contribution in [3.63, 3.8) is 0 Å². The van der Waals surface area contributed by atoms with E-state index in [1.807, 2.05) is 74.5 Å². The van der Waals surface area contributed by atoms with E-state index in [0.717, 1.165) is 21.9 Å². The van der Waals surface area contributed by atoms with E-state index < -0.39 is 5.97 Å². The molecule has 5 nitrogen and oxygen atoms in total. The molecule has 0 aliphatic heterocycles. The molecule has 5 heteroatoms. The number of carbonyl (C=O) groups is 2. The summed E-state index contributed by atoms with van der Waals surface area (Å²) in [5, 5.41) is 5.06. The quantitative estimate of drug-likeness (QED) is 0.633. The van der Waals surface area contributed by atoms with Crippen LogP contribution < -0.4 is 10.1 Å². The van der Waals surface area contributed by atoms with Gasteiger partial charge in [0.15, 0.2) is 13.2 Å². The van der Waals surface area contributed by atoms with Gasteiger partial charge < -0.3 is 14.8 Å². The molecule has 28 heavy (non-hydrogen) atoms. The zero-order chi connectivity index (χ0) is 19.9. The van der Waals surface area contributed by atoms with Crippen molar-refractivity contribution < 1.29 is 19.1 Å². The van der Waals surface area contributed by atoms with Gasteiger partial charge in [0.05, 0.1) is 6.04 Å². The van der Waals surface area contributed by atoms with Crippen LogP contribution in [0.4, 0.5) is 0 Å². The highest BCUT2D eigenvalue weighted by atomic mass is 16.6. The predicted octanol–water partition coefficient (Wildman–Crippen LogP) is 3.95. The van der Waals surface area contributed by atoms with Crippen LogP contribution in [0, 0.1) is 6.92 Å². The number of hydrogen-bond acceptors (Lipinski definition) is 4. The van der Waals surface area contributed by atoms with E-state index in [9.17, 15) is 9.59 Å². The second-order valence-corrected chi connectivity index (χ2v) is 6.62. The smallest absolute Gasteiger partial charge is 0.344 e. The molecular formula is C23H23NO4. The van der Waals surface area contributed by atoms with Crippen molar-refractivity contribution in [1.82, 2.24) is 5.32 Å². The van der Waals surface area contributed by atoms with Crippen molar-refractivity contribution in [3.8, 4) is 5.75 Å². The second-order valence-electron chi connectivity index (χ2n) is 6.62. The number of ether oxygens (including phenoxy) is 2. The van der Waals surface area contributed by atoms with Crippen LogP contribution in [-0.4, -0.2) is 25.1 Å². The van der Waals surface area contributed by atoms with Gasteiger partial charge in [-0.15, -0.1) is 0 Å². The summed E-state index contributed by atoms with van der Waals surface area (Å²) in [4.78, 5) is 24.0. The number of aryl methyl sites for hydroxylation is 1. The molecule has 1 amide bonds. The van der Waals surface area contributed by atoms with Crippen molar-refractivity contribution in [2.75, 3.05) is 13.2 Å². The Bertz CT molecular complexity index is 978. The van der Waals surface area contributed by atoms with E-state index in [1.54, 1.807) is 6.07 Å². The molecule has 0 bridgehead atoms. The van der Waals surface area contributed by atoms with Crippen LogP contribution in [0.15, 0.2) is 66.7 Å². The van der Waals surface area contributed by atoms with E-state index >= 15 is 0 Å². The number of amides is 1. The molecule has 0 unspecified atom stereocenters. The number of rotatable bonds is 7. The summed E-state index contributed by atoms with van der Waals surface area (Å²) in [7, 11) is 0. The van der Waals surface area contributed by atoms with Gasteiger partial charge in [0.1, 0.15) is 5.75 Å². The van der Waals surface area contributed by atoms with Gasteiger partial charge in [-0.05, 0) is 47.9 Å². The molecule has 0 saturated heterocycles. The van der Waals surface area contributed by atoms with Gasteiger partial charge in [-0.2, -0.15) is 0 Å². The Morgan fingerprint density at radius 2 is 1.71 bits per heavy atom. The van der Waals surface area contributed by atoms with Crippen molar-refractivity contribution in [1.29, 1.82) is 0 Å². The molecule has 3 aromatic rings. The lowest BCUT2D eigenvalue weighted by molar-refractivity contribution is -0.150. The Hall–Kier alpha value is -3.34. The molecule has 0 aliphatic rings. The van der Waals surface area contributed by atoms with Gasteiger partial charge >= 0.3 is 5.97 Å². The first-order valence-corrected chi connectivity index (χ1v) is 9.15. The Morgan fingerprint density at radius 1 is 0.964 bits per heavy atom. The lowest BCUT2D eigenvalue weighted by Crippen LogP contribution is -2.32. The molecule has 1 atom stereocenters. The van der Waals surface area contributed by atoms with Gasteiger partial charge in [0.25, 0.3) is 5.91 Å². The van der Waals surface area contributed by atoms with E-state index in [0.29, 0.717) is 5.75 Å². The Kier molecular flexibility index (Phi) is 6.27. The largest absolute Gasteiger partial charge is 0.482 e. The fourth-order valence-corrected chi connectivity index (χ4v) is 3.02. The molecule has 0 fully saturated rings. The highest BCUT2D eigenvalue weighted by Gasteiger charge is 2.14. The second kappa shape index (κ2) is 9.04. The minimum atomic E-state index is -0.588. The van der Waals surface area contributed by atoms with Crippen molar-refractivity contribution in [2.45, 2.75) is 19.9 Å². The SMILES string of the molecule is Cc1cccc(OCC(=O)OCC(=O)N[C@H](C)c2cccc3ccccc23)c1. The fraction of sp³-hybridized carbons (Fsp3) is 0.217. The monoisotopic (exact) mass is 377 g/mol. The maximum absolute atomic E-state index is 12.2. The molecule has 0 aliphatic carbocycles. The first-order chi connectivity index (χ1) is 13.5. The summed E-state index contributed by atoms with van der Waals surface area (Å²) in [5.41, 5.74) is 2.05. The lowest BCUT2D eigenvalue weighted by Gasteiger charge is -2.16. The van der Waals surface area contributed by atoms with E-state index in [4.69, 9.17) is 9.47 Å². The summed E-state index contributed by atoms with van der Waals surface area (Å²) < 4.78 is 10.4. The number of fused-ring (bicyclic) bond motifs is 1. The van der Waals surface area contributed by atoms with Gasteiger partial charge in [0, 0.05) is 0 Å². The van der Waals surface area contributed by atoms with E-state index in [2.05, 4.69) is 5.32 Å². The van der Waals surface area contributed by atoms with Crippen LogP contribution in [0.5, 0.6) is 5.75 Å². The average molecular weight is 377 g/mol. The molecule has 0 aromatic heterocycles. The number of esters is 1. The molecule has 0 spiro atoms. The molecule has 3 aromatic carbocycles. The van der Waals surface area contributed by atoms with Crippen molar-refractivity contribution >= 4 is 22.6 Å². The highest BCUT2D eigenvalue weighted by molar-refractivity contribution is 5.87. The number of benzene rings is 3. The topological polar surface area (TPSA) is 64.6 Å². The predicted molar refractivity (Wildman–Crippen MR) is 108 cm³/mol. The van der Waals surface area contributed by atoms with Crippen LogP contribution in [0.1, 0.15) is 24.1 Å². The summed E-state index contributed by atoms with van der Waals surface area (Å²) in [5.74, 6) is -0.357. The van der Waals surface area contributed by atoms with Crippen molar-refractivity contribution in [2.24, 2.45) is 0 Å². The van der Waals surface area contributed by atoms with Gasteiger partial charge in [0.2, 0.25) is 0 Å². The zero-order valence-corrected chi connectivity index (χ0v) is 16.0. The minimum Gasteiger partial charge on any atom is -0.482 e. The first kappa shape index (κ1) is 19.4. The van der Waals surface area contributed by atoms with Gasteiger partial charge in [-0.1, -0.05) is 54.6 Å². The van der Waals surface area contributed by atoms with Gasteiger partial charge in [-0.25, -0.2) is 4.79 Å². The van der Waals surface area contributed by atoms with Crippen LogP contribution in [-0.2, 0) is 14.3 Å². The molecule has 0 saturated carbocycles. The summed E-state index contributed by atoms with van der Waals surface area (Å²) >= 11 is 0. The summed E-state index contributed by atoms with van der Waals surface area (Å²) in [6.45, 7) is 3.26. The highest BCUT2D eigenvalue weighted by Crippen LogP contribution is 2.23. The Labute approximate surface area is 164 Å². The van der Waals surface area contributed by atoms with Gasteiger partial charge in [-0.3, -0.25) is 4.79 Å². The summed E-state index contributed by atoms with van der Waals surface area (Å²) in [6, 6.07) is 21.1. The zero-order valence-electron chi connectivity index (χ0n) is 16.0. The third kappa shape index (κ3) is 5.10. The third-order valence-corrected chi connectivity index (χ3v) is 4.38. The number of carbonyl (C=O) groups excluding carboxylic acids is 2. The molecule has 0 heterocycles. The maximum atomic E-state index is 12.2. The Morgan fingerprint density at radius 3 is 2.54 bits per heavy atom. The summed E-state index contributed by atoms with van der Waals surface area (Å²) in [6.07, 6.45) is 0. The molecule has 144 valence electrons. The fourth-order valence-electron chi connectivity index (χ4n) is 3.02. The van der Waals surface area contributed by atoms with E-state index in [-0.39, 0.29) is 25.2 Å². The van der Waals surface area contributed by atoms with Crippen LogP contribution in [0.3, 0.4) is 0 Å². The maximum Gasteiger partial charge on any atom is 0.344 e. The van der Waals surface area contributed by atoms with Crippen LogP contribution >= 0.6 is 0 Å². The third-order valence-electron chi connectivity index (χ3n) is 4.38. The molecule has 1 N–H and O–H groups in total. The number of nitrogens with one attached hydrogen (secondary N) is 1. The first-order valence-electron chi connectivity index (χ1n) is 9.15. The van der Waals surface area contributed by atoms with Crippen LogP contribution in [0.2, 0.25) is 0 Å². The number of hydrogen-bond donors (Lipinski definition) is 1. The van der Waals surface area contributed by atoms with E-state index in [1.165, 1.54) is 0 Å². The normalized spacial score (nSPS) is 11.6. The lowest BCUT2D eigenvalue weighted by atomic mass is 10.00. The molecule has 0 radical (unpaired) electrons. The minimum absolute atomic E-state index is 0.208. The average Bonchev–Trinajstić information content (AvgIpc) is 2.70.